The molecule has 1 amide bonds. The molecule has 2 atom stereocenters. The number of carbonyl (C=O) groups is 1. The van der Waals surface area contributed by atoms with Crippen molar-refractivity contribution >= 4 is 17.4 Å². The van der Waals surface area contributed by atoms with E-state index in [0.29, 0.717) is 29.5 Å². The molecule has 0 bridgehead atoms. The van der Waals surface area contributed by atoms with Crippen molar-refractivity contribution in [1.29, 1.82) is 0 Å². The fourth-order valence-electron chi connectivity index (χ4n) is 3.00. The lowest BCUT2D eigenvalue weighted by atomic mass is 10.1. The molecule has 3 aromatic rings. The van der Waals surface area contributed by atoms with Crippen molar-refractivity contribution in [2.24, 2.45) is 0 Å². The Balaban J connectivity index is 1.45. The van der Waals surface area contributed by atoms with Gasteiger partial charge in [-0.05, 0) is 24.6 Å². The molecule has 28 heavy (non-hydrogen) atoms. The molecule has 4 rings (SSSR count). The van der Waals surface area contributed by atoms with Gasteiger partial charge in [-0.2, -0.15) is 0 Å². The van der Waals surface area contributed by atoms with Crippen molar-refractivity contribution in [2.45, 2.75) is 25.5 Å². The zero-order chi connectivity index (χ0) is 19.5. The van der Waals surface area contributed by atoms with Crippen molar-refractivity contribution in [2.75, 3.05) is 5.32 Å². The van der Waals surface area contributed by atoms with Gasteiger partial charge in [-0.15, -0.1) is 10.2 Å². The van der Waals surface area contributed by atoms with Gasteiger partial charge in [-0.1, -0.05) is 36.9 Å². The second-order valence-electron chi connectivity index (χ2n) is 6.55. The second-order valence-corrected chi connectivity index (χ2v) is 6.55. The summed E-state index contributed by atoms with van der Waals surface area (Å²) in [5.74, 6) is 1.87. The van der Waals surface area contributed by atoms with Crippen LogP contribution in [0.5, 0.6) is 5.75 Å². The highest BCUT2D eigenvalue weighted by atomic mass is 16.5. The van der Waals surface area contributed by atoms with Crippen molar-refractivity contribution in [1.82, 2.24) is 25.5 Å². The SMILES string of the molecule is C=C(N[C@@H]1C(=O)Nc2ncccc2O[C@@H]1C)c1nnc(Cc2ccccc2)[nH]1. The van der Waals surface area contributed by atoms with E-state index < -0.39 is 12.1 Å². The number of nitrogens with one attached hydrogen (secondary N) is 3. The van der Waals surface area contributed by atoms with Gasteiger partial charge in [0.1, 0.15) is 18.0 Å². The van der Waals surface area contributed by atoms with E-state index in [1.54, 1.807) is 18.3 Å². The zero-order valence-electron chi connectivity index (χ0n) is 15.3. The summed E-state index contributed by atoms with van der Waals surface area (Å²) in [4.78, 5) is 19.9. The molecule has 1 aliphatic heterocycles. The number of ether oxygens (including phenoxy) is 1. The zero-order valence-corrected chi connectivity index (χ0v) is 15.3. The standard InChI is InChI=1S/C20H20N6O2/c1-12(18-23-16(25-26-18)11-14-7-4-3-5-8-14)22-17-13(2)28-15-9-6-10-21-19(15)24-20(17)27/h3-10,13,17,22H,1,11H2,2H3,(H,21,24,27)(H,23,25,26)/t13-,17+/m1/s1. The first-order valence-corrected chi connectivity index (χ1v) is 8.94. The Bertz CT molecular complexity index is 1000. The van der Waals surface area contributed by atoms with Crippen LogP contribution in [0.4, 0.5) is 5.82 Å². The molecule has 2 aromatic heterocycles. The Morgan fingerprint density at radius 3 is 2.86 bits per heavy atom. The number of aromatic amines is 1. The highest BCUT2D eigenvalue weighted by Gasteiger charge is 2.32. The molecule has 0 aliphatic carbocycles. The molecule has 0 spiro atoms. The van der Waals surface area contributed by atoms with Crippen LogP contribution in [0, 0.1) is 0 Å². The van der Waals surface area contributed by atoms with E-state index in [4.69, 9.17) is 4.74 Å². The fourth-order valence-corrected chi connectivity index (χ4v) is 3.00. The maximum absolute atomic E-state index is 12.6. The molecule has 3 heterocycles. The minimum atomic E-state index is -0.663. The first-order valence-electron chi connectivity index (χ1n) is 8.94. The topological polar surface area (TPSA) is 105 Å². The lowest BCUT2D eigenvalue weighted by molar-refractivity contribution is -0.119. The Hall–Kier alpha value is -3.68. The summed E-state index contributed by atoms with van der Waals surface area (Å²) in [6.07, 6.45) is 1.79. The third-order valence-electron chi connectivity index (χ3n) is 4.44. The summed E-state index contributed by atoms with van der Waals surface area (Å²) in [7, 11) is 0. The van der Waals surface area contributed by atoms with Gasteiger partial charge in [0.15, 0.2) is 17.4 Å². The summed E-state index contributed by atoms with van der Waals surface area (Å²) < 4.78 is 5.87. The fraction of sp³-hybridized carbons (Fsp3) is 0.200. The van der Waals surface area contributed by atoms with Gasteiger partial charge < -0.3 is 20.4 Å². The Kier molecular flexibility index (Phi) is 4.76. The average molecular weight is 376 g/mol. The third kappa shape index (κ3) is 3.71. The van der Waals surface area contributed by atoms with E-state index >= 15 is 0 Å². The van der Waals surface area contributed by atoms with Crippen LogP contribution >= 0.6 is 0 Å². The predicted molar refractivity (Wildman–Crippen MR) is 105 cm³/mol. The van der Waals surface area contributed by atoms with Crippen LogP contribution in [-0.4, -0.2) is 38.2 Å². The predicted octanol–water partition coefficient (Wildman–Crippen LogP) is 2.14. The number of anilines is 1. The molecular weight excluding hydrogens is 356 g/mol. The molecule has 0 saturated heterocycles. The quantitative estimate of drug-likeness (QED) is 0.630. The number of fused-ring (bicyclic) bond motifs is 1. The molecule has 1 aromatic carbocycles. The highest BCUT2D eigenvalue weighted by molar-refractivity contribution is 5.97. The van der Waals surface area contributed by atoms with Gasteiger partial charge in [-0.3, -0.25) is 4.79 Å². The Morgan fingerprint density at radius 1 is 1.21 bits per heavy atom. The number of carbonyl (C=O) groups excluding carboxylic acids is 1. The van der Waals surface area contributed by atoms with Crippen LogP contribution in [0.2, 0.25) is 0 Å². The largest absolute Gasteiger partial charge is 0.484 e. The summed E-state index contributed by atoms with van der Waals surface area (Å²) in [5, 5.41) is 14.2. The smallest absolute Gasteiger partial charge is 0.251 e. The summed E-state index contributed by atoms with van der Waals surface area (Å²) >= 11 is 0. The molecule has 0 saturated carbocycles. The van der Waals surface area contributed by atoms with Crippen LogP contribution in [-0.2, 0) is 11.2 Å². The maximum atomic E-state index is 12.6. The molecule has 0 radical (unpaired) electrons. The van der Waals surface area contributed by atoms with Crippen molar-refractivity contribution in [3.8, 4) is 5.75 Å². The summed E-state index contributed by atoms with van der Waals surface area (Å²) in [6.45, 7) is 5.81. The van der Waals surface area contributed by atoms with Crippen LogP contribution < -0.4 is 15.4 Å². The van der Waals surface area contributed by atoms with E-state index in [0.717, 1.165) is 11.4 Å². The van der Waals surface area contributed by atoms with Gasteiger partial charge in [0.05, 0.1) is 5.70 Å². The lowest BCUT2D eigenvalue weighted by Crippen LogP contribution is -2.47. The number of nitrogens with zero attached hydrogens (tertiary/aromatic N) is 3. The summed E-state index contributed by atoms with van der Waals surface area (Å²) in [5.41, 5.74) is 1.58. The molecule has 0 fully saturated rings. The summed E-state index contributed by atoms with van der Waals surface area (Å²) in [6, 6.07) is 12.8. The lowest BCUT2D eigenvalue weighted by Gasteiger charge is -2.22. The van der Waals surface area contributed by atoms with Crippen molar-refractivity contribution in [3.63, 3.8) is 0 Å². The number of hydrogen-bond acceptors (Lipinski definition) is 6. The number of benzene rings is 1. The number of amides is 1. The van der Waals surface area contributed by atoms with Crippen LogP contribution in [0.3, 0.4) is 0 Å². The Labute approximate surface area is 162 Å². The van der Waals surface area contributed by atoms with E-state index in [9.17, 15) is 4.79 Å². The highest BCUT2D eigenvalue weighted by Crippen LogP contribution is 2.26. The monoisotopic (exact) mass is 376 g/mol. The molecule has 1 aliphatic rings. The number of pyridine rings is 1. The van der Waals surface area contributed by atoms with Gasteiger partial charge in [-0.25, -0.2) is 4.98 Å². The average Bonchev–Trinajstić information content (AvgIpc) is 3.12. The molecule has 8 nitrogen and oxygen atoms in total. The van der Waals surface area contributed by atoms with E-state index in [1.165, 1.54) is 0 Å². The first-order chi connectivity index (χ1) is 13.6. The number of rotatable bonds is 5. The number of hydrogen-bond donors (Lipinski definition) is 3. The van der Waals surface area contributed by atoms with Crippen molar-refractivity contribution < 1.29 is 9.53 Å². The van der Waals surface area contributed by atoms with Crippen LogP contribution in [0.1, 0.15) is 24.1 Å². The molecule has 8 heteroatoms. The second kappa shape index (κ2) is 7.51. The van der Waals surface area contributed by atoms with Gasteiger partial charge >= 0.3 is 0 Å². The minimum absolute atomic E-state index is 0.255. The first kappa shape index (κ1) is 17.7. The molecule has 0 unspecified atom stereocenters. The maximum Gasteiger partial charge on any atom is 0.251 e. The van der Waals surface area contributed by atoms with Gasteiger partial charge in [0, 0.05) is 12.6 Å². The Morgan fingerprint density at radius 2 is 2.04 bits per heavy atom. The normalized spacial score (nSPS) is 18.4. The van der Waals surface area contributed by atoms with Crippen molar-refractivity contribution in [3.05, 3.63) is 72.5 Å². The third-order valence-corrected chi connectivity index (χ3v) is 4.44. The molecule has 142 valence electrons. The number of H-pyrrole nitrogens is 1. The van der Waals surface area contributed by atoms with Gasteiger partial charge in [0.2, 0.25) is 0 Å². The number of aromatic nitrogens is 4. The van der Waals surface area contributed by atoms with E-state index in [1.807, 2.05) is 37.3 Å². The minimum Gasteiger partial charge on any atom is -0.484 e. The van der Waals surface area contributed by atoms with E-state index in [-0.39, 0.29) is 5.91 Å². The van der Waals surface area contributed by atoms with E-state index in [2.05, 4.69) is 37.4 Å². The molecular formula is C20H20N6O2. The van der Waals surface area contributed by atoms with Crippen LogP contribution in [0.15, 0.2) is 55.2 Å². The molecule has 3 N–H and O–H groups in total. The van der Waals surface area contributed by atoms with Crippen LogP contribution in [0.25, 0.3) is 5.70 Å². The van der Waals surface area contributed by atoms with Gasteiger partial charge in [0.25, 0.3) is 5.91 Å².